The number of carbonyl (C=O) groups excluding carboxylic acids is 1. The number of amides is 1. The smallest absolute Gasteiger partial charge is 0.322 e. The summed E-state index contributed by atoms with van der Waals surface area (Å²) in [5, 5.41) is 12.0. The third-order valence-electron chi connectivity index (χ3n) is 4.02. The predicted octanol–water partition coefficient (Wildman–Crippen LogP) is 2.59. The first-order valence-electron chi connectivity index (χ1n) is 7.95. The molecule has 0 unspecified atom stereocenters. The second-order valence-electron chi connectivity index (χ2n) is 5.81. The van der Waals surface area contributed by atoms with Gasteiger partial charge in [0.1, 0.15) is 6.54 Å². The van der Waals surface area contributed by atoms with Crippen molar-refractivity contribution in [2.75, 3.05) is 6.54 Å². The molecule has 2 heterocycles. The molecule has 2 aromatic carbocycles. The highest BCUT2D eigenvalue weighted by Gasteiger charge is 2.13. The molecule has 0 aliphatic heterocycles. The largest absolute Gasteiger partial charge is 0.480 e. The Morgan fingerprint density at radius 2 is 1.88 bits per heavy atom. The van der Waals surface area contributed by atoms with E-state index in [9.17, 15) is 9.59 Å². The fourth-order valence-electron chi connectivity index (χ4n) is 2.76. The molecule has 1 amide bonds. The number of aliphatic carboxylic acids is 1. The molecule has 0 fully saturated rings. The van der Waals surface area contributed by atoms with Gasteiger partial charge in [-0.1, -0.05) is 24.3 Å². The topological polar surface area (TPSA) is 108 Å². The molecule has 0 radical (unpaired) electrons. The van der Waals surface area contributed by atoms with Gasteiger partial charge in [-0.15, -0.1) is 0 Å². The van der Waals surface area contributed by atoms with Crippen molar-refractivity contribution in [2.24, 2.45) is 0 Å². The van der Waals surface area contributed by atoms with E-state index >= 15 is 0 Å². The molecule has 0 saturated carbocycles. The van der Waals surface area contributed by atoms with Crippen LogP contribution in [-0.4, -0.2) is 38.5 Å². The van der Waals surface area contributed by atoms with Crippen LogP contribution < -0.4 is 5.32 Å². The second kappa shape index (κ2) is 6.29. The van der Waals surface area contributed by atoms with Crippen LogP contribution in [0.5, 0.6) is 0 Å². The van der Waals surface area contributed by atoms with Crippen LogP contribution in [0.4, 0.5) is 0 Å². The summed E-state index contributed by atoms with van der Waals surface area (Å²) in [5.41, 5.74) is 4.12. The van der Waals surface area contributed by atoms with Crippen LogP contribution in [0.1, 0.15) is 10.6 Å². The third kappa shape index (κ3) is 2.98. The van der Waals surface area contributed by atoms with Crippen LogP contribution in [0.25, 0.3) is 33.1 Å². The van der Waals surface area contributed by atoms with Crippen molar-refractivity contribution in [2.45, 2.75) is 0 Å². The molecule has 26 heavy (non-hydrogen) atoms. The van der Waals surface area contributed by atoms with E-state index in [2.05, 4.69) is 26.3 Å². The summed E-state index contributed by atoms with van der Waals surface area (Å²) in [6.45, 7) is -0.454. The van der Waals surface area contributed by atoms with E-state index in [0.29, 0.717) is 11.0 Å². The van der Waals surface area contributed by atoms with Gasteiger partial charge in [0.25, 0.3) is 5.91 Å². The zero-order chi connectivity index (χ0) is 18.1. The maximum atomic E-state index is 11.9. The summed E-state index contributed by atoms with van der Waals surface area (Å²) in [5.74, 6) is -1.59. The van der Waals surface area contributed by atoms with Gasteiger partial charge in [-0.3, -0.25) is 14.6 Å². The lowest BCUT2D eigenvalue weighted by molar-refractivity contribution is -0.135. The van der Waals surface area contributed by atoms with Crippen molar-refractivity contribution < 1.29 is 14.7 Å². The zero-order valence-corrected chi connectivity index (χ0v) is 13.6. The maximum absolute atomic E-state index is 11.9. The second-order valence-corrected chi connectivity index (χ2v) is 5.81. The van der Waals surface area contributed by atoms with E-state index in [4.69, 9.17) is 5.11 Å². The van der Waals surface area contributed by atoms with Crippen molar-refractivity contribution in [3.8, 4) is 11.1 Å². The molecule has 0 saturated heterocycles. The molecular weight excluding hydrogens is 332 g/mol. The molecule has 0 atom stereocenters. The monoisotopic (exact) mass is 346 g/mol. The van der Waals surface area contributed by atoms with Crippen molar-refractivity contribution in [3.63, 3.8) is 0 Å². The number of para-hydroxylation sites is 1. The number of nitrogens with one attached hydrogen (secondary N) is 2. The summed E-state index contributed by atoms with van der Waals surface area (Å²) >= 11 is 0. The summed E-state index contributed by atoms with van der Waals surface area (Å²) in [6, 6.07) is 15.5. The normalized spacial score (nSPS) is 10.9. The molecule has 4 rings (SSSR count). The quantitative estimate of drug-likeness (QED) is 0.526. The lowest BCUT2D eigenvalue weighted by atomic mass is 10.0. The minimum absolute atomic E-state index is 0.0787. The van der Waals surface area contributed by atoms with Gasteiger partial charge in [-0.05, 0) is 29.8 Å². The van der Waals surface area contributed by atoms with Crippen LogP contribution >= 0.6 is 0 Å². The summed E-state index contributed by atoms with van der Waals surface area (Å²) in [6.07, 6.45) is 1.80. The van der Waals surface area contributed by atoms with E-state index in [1.165, 1.54) is 0 Å². The van der Waals surface area contributed by atoms with E-state index in [-0.39, 0.29) is 5.82 Å². The molecule has 2 aromatic heterocycles. The van der Waals surface area contributed by atoms with Crippen LogP contribution in [0, 0.1) is 0 Å². The Kier molecular flexibility index (Phi) is 3.81. The number of pyridine rings is 1. The molecule has 0 aliphatic rings. The van der Waals surface area contributed by atoms with Gasteiger partial charge in [0.2, 0.25) is 0 Å². The number of hydrogen-bond donors (Lipinski definition) is 3. The number of H-pyrrole nitrogens is 1. The Hall–Kier alpha value is -3.74. The van der Waals surface area contributed by atoms with Crippen LogP contribution in [0.15, 0.2) is 54.7 Å². The Morgan fingerprint density at radius 3 is 2.73 bits per heavy atom. The van der Waals surface area contributed by atoms with E-state index < -0.39 is 18.4 Å². The molecule has 7 heteroatoms. The van der Waals surface area contributed by atoms with Crippen molar-refractivity contribution >= 4 is 33.8 Å². The predicted molar refractivity (Wildman–Crippen MR) is 96.8 cm³/mol. The van der Waals surface area contributed by atoms with E-state index in [1.54, 1.807) is 6.20 Å². The molecule has 0 bridgehead atoms. The first-order valence-corrected chi connectivity index (χ1v) is 7.95. The summed E-state index contributed by atoms with van der Waals surface area (Å²) in [4.78, 5) is 34.1. The minimum atomic E-state index is -1.11. The number of nitrogens with zero attached hydrogens (tertiary/aromatic N) is 2. The van der Waals surface area contributed by atoms with Gasteiger partial charge in [0.15, 0.2) is 5.82 Å². The van der Waals surface area contributed by atoms with E-state index in [1.807, 2.05) is 42.5 Å². The third-order valence-corrected chi connectivity index (χ3v) is 4.02. The molecule has 128 valence electrons. The van der Waals surface area contributed by atoms with Gasteiger partial charge in [0.05, 0.1) is 16.6 Å². The number of fused-ring (bicyclic) bond motifs is 2. The maximum Gasteiger partial charge on any atom is 0.322 e. The number of rotatable bonds is 4. The highest BCUT2D eigenvalue weighted by atomic mass is 16.4. The van der Waals surface area contributed by atoms with Gasteiger partial charge >= 0.3 is 5.97 Å². The van der Waals surface area contributed by atoms with Crippen LogP contribution in [0.3, 0.4) is 0 Å². The van der Waals surface area contributed by atoms with Gasteiger partial charge in [0, 0.05) is 17.1 Å². The Bertz CT molecular complexity index is 1150. The van der Waals surface area contributed by atoms with E-state index in [0.717, 1.165) is 22.0 Å². The highest BCUT2D eigenvalue weighted by Crippen LogP contribution is 2.25. The number of carboxylic acid groups (broad SMARTS) is 1. The molecular formula is C19H14N4O3. The number of aromatic nitrogens is 3. The average Bonchev–Trinajstić information content (AvgIpc) is 3.09. The number of carbonyl (C=O) groups is 2. The van der Waals surface area contributed by atoms with Gasteiger partial charge < -0.3 is 15.4 Å². The number of carboxylic acids is 1. The number of hydrogen-bond acceptors (Lipinski definition) is 4. The minimum Gasteiger partial charge on any atom is -0.480 e. The molecule has 3 N–H and O–H groups in total. The Labute approximate surface area is 147 Å². The lowest BCUT2D eigenvalue weighted by Crippen LogP contribution is -2.29. The SMILES string of the molecule is O=C(O)CNC(=O)c1nc2cc(-c3cnc4ccccc4c3)ccc2[nH]1. The van der Waals surface area contributed by atoms with Crippen molar-refractivity contribution in [3.05, 3.63) is 60.6 Å². The Morgan fingerprint density at radius 1 is 1.04 bits per heavy atom. The lowest BCUT2D eigenvalue weighted by Gasteiger charge is -2.03. The van der Waals surface area contributed by atoms with Crippen LogP contribution in [0.2, 0.25) is 0 Å². The summed E-state index contributed by atoms with van der Waals surface area (Å²) < 4.78 is 0. The number of aromatic amines is 1. The van der Waals surface area contributed by atoms with Gasteiger partial charge in [-0.2, -0.15) is 0 Å². The fraction of sp³-hybridized carbons (Fsp3) is 0.0526. The molecule has 0 aliphatic carbocycles. The highest BCUT2D eigenvalue weighted by molar-refractivity contribution is 5.96. The molecule has 0 spiro atoms. The number of benzene rings is 2. The standard InChI is InChI=1S/C19H14N4O3/c24-17(25)10-21-19(26)18-22-15-6-5-11(8-16(15)23-18)13-7-12-3-1-2-4-14(12)20-9-13/h1-9H,10H2,(H,21,26)(H,22,23)(H,24,25). The van der Waals surface area contributed by atoms with Crippen LogP contribution in [-0.2, 0) is 4.79 Å². The van der Waals surface area contributed by atoms with Gasteiger partial charge in [-0.25, -0.2) is 4.98 Å². The average molecular weight is 346 g/mol. The first kappa shape index (κ1) is 15.8. The zero-order valence-electron chi connectivity index (χ0n) is 13.6. The molecule has 7 nitrogen and oxygen atoms in total. The molecule has 4 aromatic rings. The fourth-order valence-corrected chi connectivity index (χ4v) is 2.76. The first-order chi connectivity index (χ1) is 12.6. The number of imidazole rings is 1. The van der Waals surface area contributed by atoms with Crippen molar-refractivity contribution in [1.82, 2.24) is 20.3 Å². The van der Waals surface area contributed by atoms with Crippen molar-refractivity contribution in [1.29, 1.82) is 0 Å². The Balaban J connectivity index is 1.68. The summed E-state index contributed by atoms with van der Waals surface area (Å²) in [7, 11) is 0.